The van der Waals surface area contributed by atoms with Gasteiger partial charge in [-0.1, -0.05) is 12.1 Å². The van der Waals surface area contributed by atoms with Crippen molar-refractivity contribution in [1.82, 2.24) is 5.32 Å². The maximum atomic E-state index is 12.6. The normalized spacial score (nSPS) is 9.89. The molecule has 0 aliphatic carbocycles. The van der Waals surface area contributed by atoms with Crippen molar-refractivity contribution in [2.24, 2.45) is 0 Å². The fourth-order valence-electron chi connectivity index (χ4n) is 2.33. The van der Waals surface area contributed by atoms with E-state index >= 15 is 0 Å². The number of para-hydroxylation sites is 1. The highest BCUT2D eigenvalue weighted by Gasteiger charge is 2.17. The van der Waals surface area contributed by atoms with Crippen LogP contribution in [0.3, 0.4) is 0 Å². The average Bonchev–Trinajstić information content (AvgIpc) is 2.70. The molecule has 0 aromatic heterocycles. The van der Waals surface area contributed by atoms with Gasteiger partial charge in [0.05, 0.1) is 26.9 Å². The zero-order valence-corrected chi connectivity index (χ0v) is 15.2. The maximum Gasteiger partial charge on any atom is 0.325 e. The van der Waals surface area contributed by atoms with E-state index in [1.165, 1.54) is 27.4 Å². The molecule has 2 amide bonds. The van der Waals surface area contributed by atoms with Gasteiger partial charge in [-0.2, -0.15) is 0 Å². The molecule has 2 rings (SSSR count). The van der Waals surface area contributed by atoms with Gasteiger partial charge in [0.1, 0.15) is 6.54 Å². The fourth-order valence-corrected chi connectivity index (χ4v) is 2.33. The van der Waals surface area contributed by atoms with E-state index in [-0.39, 0.29) is 17.7 Å². The Labute approximate surface area is 156 Å². The Hall–Kier alpha value is -3.55. The SMILES string of the molecule is COC(=O)CNC(=O)c1cccc(NC(=O)c2cccc(OC)c2OC)c1. The molecular formula is C19H20N2O6. The molecule has 0 unspecified atom stereocenters. The van der Waals surface area contributed by atoms with Crippen LogP contribution in [0.5, 0.6) is 11.5 Å². The maximum absolute atomic E-state index is 12.6. The van der Waals surface area contributed by atoms with E-state index in [1.807, 2.05) is 0 Å². The molecule has 0 atom stereocenters. The number of benzene rings is 2. The van der Waals surface area contributed by atoms with Gasteiger partial charge >= 0.3 is 5.97 Å². The Balaban J connectivity index is 2.15. The van der Waals surface area contributed by atoms with Crippen LogP contribution in [0, 0.1) is 0 Å². The molecule has 0 aliphatic rings. The Morgan fingerprint density at radius 3 is 2.33 bits per heavy atom. The van der Waals surface area contributed by atoms with Crippen LogP contribution in [0.2, 0.25) is 0 Å². The molecule has 27 heavy (non-hydrogen) atoms. The van der Waals surface area contributed by atoms with Crippen LogP contribution in [-0.2, 0) is 9.53 Å². The molecule has 0 spiro atoms. The van der Waals surface area contributed by atoms with Gasteiger partial charge < -0.3 is 24.8 Å². The van der Waals surface area contributed by atoms with E-state index in [1.54, 1.807) is 36.4 Å². The van der Waals surface area contributed by atoms with Gasteiger partial charge in [-0.25, -0.2) is 0 Å². The summed E-state index contributed by atoms with van der Waals surface area (Å²) < 4.78 is 14.9. The van der Waals surface area contributed by atoms with Gasteiger partial charge in [0.2, 0.25) is 0 Å². The molecule has 8 heteroatoms. The molecule has 8 nitrogen and oxygen atoms in total. The minimum Gasteiger partial charge on any atom is -0.493 e. The summed E-state index contributed by atoms with van der Waals surface area (Å²) in [5, 5.41) is 5.14. The smallest absolute Gasteiger partial charge is 0.325 e. The van der Waals surface area contributed by atoms with E-state index in [0.29, 0.717) is 17.2 Å². The van der Waals surface area contributed by atoms with Crippen LogP contribution < -0.4 is 20.1 Å². The number of hydrogen-bond acceptors (Lipinski definition) is 6. The number of nitrogens with one attached hydrogen (secondary N) is 2. The van der Waals surface area contributed by atoms with E-state index in [2.05, 4.69) is 15.4 Å². The summed E-state index contributed by atoms with van der Waals surface area (Å²) in [6, 6.07) is 11.3. The van der Waals surface area contributed by atoms with E-state index in [4.69, 9.17) is 9.47 Å². The molecule has 0 saturated heterocycles. The van der Waals surface area contributed by atoms with Crippen molar-refractivity contribution in [2.75, 3.05) is 33.2 Å². The average molecular weight is 372 g/mol. The molecule has 2 aromatic carbocycles. The van der Waals surface area contributed by atoms with Gasteiger partial charge in [0, 0.05) is 11.3 Å². The summed E-state index contributed by atoms with van der Waals surface area (Å²) in [5.74, 6) is -0.697. The number of anilines is 1. The number of carbonyl (C=O) groups is 3. The topological polar surface area (TPSA) is 103 Å². The third-order valence-electron chi connectivity index (χ3n) is 3.65. The van der Waals surface area contributed by atoms with Crippen LogP contribution in [-0.4, -0.2) is 45.7 Å². The van der Waals surface area contributed by atoms with Crippen molar-refractivity contribution >= 4 is 23.5 Å². The van der Waals surface area contributed by atoms with Crippen molar-refractivity contribution in [3.05, 3.63) is 53.6 Å². The van der Waals surface area contributed by atoms with Crippen molar-refractivity contribution in [3.63, 3.8) is 0 Å². The number of rotatable bonds is 7. The van der Waals surface area contributed by atoms with E-state index in [0.717, 1.165) is 0 Å². The lowest BCUT2D eigenvalue weighted by Crippen LogP contribution is -2.30. The van der Waals surface area contributed by atoms with Crippen LogP contribution in [0.15, 0.2) is 42.5 Å². The monoisotopic (exact) mass is 372 g/mol. The predicted octanol–water partition coefficient (Wildman–Crippen LogP) is 1.86. The summed E-state index contributed by atoms with van der Waals surface area (Å²) in [7, 11) is 4.16. The fraction of sp³-hybridized carbons (Fsp3) is 0.211. The number of esters is 1. The summed E-state index contributed by atoms with van der Waals surface area (Å²) in [6.45, 7) is -0.243. The first-order valence-corrected chi connectivity index (χ1v) is 7.97. The van der Waals surface area contributed by atoms with Crippen molar-refractivity contribution in [1.29, 1.82) is 0 Å². The summed E-state index contributed by atoms with van der Waals surface area (Å²) in [4.78, 5) is 35.8. The molecule has 0 fully saturated rings. The summed E-state index contributed by atoms with van der Waals surface area (Å²) in [5.41, 5.74) is 0.988. The third kappa shape index (κ3) is 4.97. The highest BCUT2D eigenvalue weighted by molar-refractivity contribution is 6.07. The second-order valence-electron chi connectivity index (χ2n) is 5.33. The number of ether oxygens (including phenoxy) is 3. The Morgan fingerprint density at radius 1 is 0.926 bits per heavy atom. The lowest BCUT2D eigenvalue weighted by molar-refractivity contribution is -0.139. The minimum absolute atomic E-state index is 0.243. The first-order valence-electron chi connectivity index (χ1n) is 7.97. The lowest BCUT2D eigenvalue weighted by atomic mass is 10.1. The lowest BCUT2D eigenvalue weighted by Gasteiger charge is -2.13. The highest BCUT2D eigenvalue weighted by atomic mass is 16.5. The van der Waals surface area contributed by atoms with Crippen LogP contribution in [0.1, 0.15) is 20.7 Å². The number of carbonyl (C=O) groups excluding carboxylic acids is 3. The van der Waals surface area contributed by atoms with Gasteiger partial charge in [-0.05, 0) is 30.3 Å². The first-order chi connectivity index (χ1) is 13.0. The Bertz CT molecular complexity index is 850. The van der Waals surface area contributed by atoms with Crippen molar-refractivity contribution < 1.29 is 28.6 Å². The van der Waals surface area contributed by atoms with E-state index < -0.39 is 17.8 Å². The quantitative estimate of drug-likeness (QED) is 0.719. The Kier molecular flexibility index (Phi) is 6.76. The molecular weight excluding hydrogens is 352 g/mol. The summed E-state index contributed by atoms with van der Waals surface area (Å²) >= 11 is 0. The molecule has 0 heterocycles. The molecule has 0 saturated carbocycles. The van der Waals surface area contributed by atoms with E-state index in [9.17, 15) is 14.4 Å². The second-order valence-corrected chi connectivity index (χ2v) is 5.33. The predicted molar refractivity (Wildman–Crippen MR) is 98.3 cm³/mol. The molecule has 0 aliphatic heterocycles. The van der Waals surface area contributed by atoms with Crippen molar-refractivity contribution in [3.8, 4) is 11.5 Å². The van der Waals surface area contributed by atoms with Gasteiger partial charge in [-0.3, -0.25) is 14.4 Å². The molecule has 0 radical (unpaired) electrons. The van der Waals surface area contributed by atoms with Crippen LogP contribution >= 0.6 is 0 Å². The zero-order valence-electron chi connectivity index (χ0n) is 15.2. The standard InChI is InChI=1S/C19H20N2O6/c1-25-15-9-5-8-14(17(15)27-3)19(24)21-13-7-4-6-12(10-13)18(23)20-11-16(22)26-2/h4-10H,11H2,1-3H3,(H,20,23)(H,21,24). The molecule has 2 aromatic rings. The second kappa shape index (κ2) is 9.23. The number of amides is 2. The van der Waals surface area contributed by atoms with Gasteiger partial charge in [-0.15, -0.1) is 0 Å². The van der Waals surface area contributed by atoms with Crippen LogP contribution in [0.25, 0.3) is 0 Å². The third-order valence-corrected chi connectivity index (χ3v) is 3.65. The van der Waals surface area contributed by atoms with Crippen LogP contribution in [0.4, 0.5) is 5.69 Å². The number of hydrogen-bond donors (Lipinski definition) is 2. The van der Waals surface area contributed by atoms with Gasteiger partial charge in [0.25, 0.3) is 11.8 Å². The highest BCUT2D eigenvalue weighted by Crippen LogP contribution is 2.31. The molecule has 142 valence electrons. The van der Waals surface area contributed by atoms with Crippen molar-refractivity contribution in [2.45, 2.75) is 0 Å². The van der Waals surface area contributed by atoms with Gasteiger partial charge in [0.15, 0.2) is 11.5 Å². The molecule has 0 bridgehead atoms. The number of methoxy groups -OCH3 is 3. The first kappa shape index (κ1) is 19.8. The largest absolute Gasteiger partial charge is 0.493 e. The minimum atomic E-state index is -0.557. The zero-order chi connectivity index (χ0) is 19.8. The summed E-state index contributed by atoms with van der Waals surface area (Å²) in [6.07, 6.45) is 0. The molecule has 2 N–H and O–H groups in total. The Morgan fingerprint density at radius 2 is 1.67 bits per heavy atom.